The van der Waals surface area contributed by atoms with E-state index in [1.165, 1.54) is 16.1 Å². The number of fused-ring (bicyclic) bond motifs is 1. The van der Waals surface area contributed by atoms with Gasteiger partial charge in [-0.25, -0.2) is 15.0 Å². The molecule has 3 aromatic rings. The Hall–Kier alpha value is -1.46. The van der Waals surface area contributed by atoms with Gasteiger partial charge in [0.25, 0.3) is 0 Å². The summed E-state index contributed by atoms with van der Waals surface area (Å²) in [7, 11) is 0. The Labute approximate surface area is 145 Å². The van der Waals surface area contributed by atoms with Gasteiger partial charge in [0.1, 0.15) is 5.82 Å². The third kappa shape index (κ3) is 4.52. The number of hydrogen-bond acceptors (Lipinski definition) is 5. The second-order valence-electron chi connectivity index (χ2n) is 5.80. The SMILES string of the molecule is CSc1cnc(CC[C@H](C)CCc2nc3ccccc3s2)nc1. The summed E-state index contributed by atoms with van der Waals surface area (Å²) in [5.41, 5.74) is 1.13. The number of thioether (sulfide) groups is 1. The van der Waals surface area contributed by atoms with E-state index in [0.29, 0.717) is 5.92 Å². The summed E-state index contributed by atoms with van der Waals surface area (Å²) in [5, 5.41) is 1.25. The fourth-order valence-electron chi connectivity index (χ4n) is 2.49. The van der Waals surface area contributed by atoms with Crippen molar-refractivity contribution in [3.63, 3.8) is 0 Å². The second kappa shape index (κ2) is 7.88. The highest BCUT2D eigenvalue weighted by atomic mass is 32.2. The average molecular weight is 344 g/mol. The van der Waals surface area contributed by atoms with Crippen molar-refractivity contribution in [3.05, 3.63) is 47.5 Å². The minimum absolute atomic E-state index is 0.658. The van der Waals surface area contributed by atoms with Gasteiger partial charge < -0.3 is 0 Å². The van der Waals surface area contributed by atoms with Crippen LogP contribution in [-0.2, 0) is 12.8 Å². The molecule has 0 aliphatic heterocycles. The van der Waals surface area contributed by atoms with Gasteiger partial charge in [-0.2, -0.15) is 0 Å². The van der Waals surface area contributed by atoms with Gasteiger partial charge in [-0.15, -0.1) is 23.1 Å². The summed E-state index contributed by atoms with van der Waals surface area (Å²) in [4.78, 5) is 14.7. The summed E-state index contributed by atoms with van der Waals surface area (Å²) >= 11 is 3.50. The molecule has 5 heteroatoms. The maximum absolute atomic E-state index is 4.71. The van der Waals surface area contributed by atoms with E-state index in [-0.39, 0.29) is 0 Å². The molecule has 0 fully saturated rings. The molecule has 3 rings (SSSR count). The fraction of sp³-hybridized carbons (Fsp3) is 0.389. The van der Waals surface area contributed by atoms with Crippen molar-refractivity contribution >= 4 is 33.3 Å². The first-order chi connectivity index (χ1) is 11.2. The first kappa shape index (κ1) is 16.4. The quantitative estimate of drug-likeness (QED) is 0.565. The molecule has 0 N–H and O–H groups in total. The van der Waals surface area contributed by atoms with Crippen LogP contribution in [0, 0.1) is 5.92 Å². The van der Waals surface area contributed by atoms with Crippen LogP contribution in [0.25, 0.3) is 10.2 Å². The number of nitrogens with zero attached hydrogens (tertiary/aromatic N) is 3. The number of aryl methyl sites for hydroxylation is 2. The normalized spacial score (nSPS) is 12.6. The second-order valence-corrected chi connectivity index (χ2v) is 7.79. The lowest BCUT2D eigenvalue weighted by molar-refractivity contribution is 0.486. The predicted molar refractivity (Wildman–Crippen MR) is 99.2 cm³/mol. The zero-order valence-corrected chi connectivity index (χ0v) is 15.2. The van der Waals surface area contributed by atoms with Crippen LogP contribution in [0.1, 0.15) is 30.6 Å². The third-order valence-corrected chi connectivity index (χ3v) is 5.75. The Balaban J connectivity index is 1.47. The standard InChI is InChI=1S/C18H21N3S2/c1-13(7-9-17-19-11-14(22-2)12-20-17)8-10-18-21-15-5-3-4-6-16(15)23-18/h3-6,11-13H,7-10H2,1-2H3/t13-/m0/s1. The molecule has 0 bridgehead atoms. The predicted octanol–water partition coefficient (Wildman–Crippen LogP) is 5.01. The van der Waals surface area contributed by atoms with Gasteiger partial charge in [0.15, 0.2) is 0 Å². The minimum atomic E-state index is 0.658. The monoisotopic (exact) mass is 343 g/mol. The van der Waals surface area contributed by atoms with Crippen molar-refractivity contribution in [2.75, 3.05) is 6.26 Å². The molecule has 0 amide bonds. The first-order valence-electron chi connectivity index (χ1n) is 7.94. The molecule has 0 radical (unpaired) electrons. The van der Waals surface area contributed by atoms with Crippen LogP contribution in [0.3, 0.4) is 0 Å². The lowest BCUT2D eigenvalue weighted by atomic mass is 10.00. The van der Waals surface area contributed by atoms with Crippen molar-refractivity contribution < 1.29 is 0 Å². The average Bonchev–Trinajstić information content (AvgIpc) is 3.01. The van der Waals surface area contributed by atoms with E-state index in [4.69, 9.17) is 4.98 Å². The summed E-state index contributed by atoms with van der Waals surface area (Å²) in [6.07, 6.45) is 10.2. The Bertz CT molecular complexity index is 719. The van der Waals surface area contributed by atoms with E-state index < -0.39 is 0 Å². The van der Waals surface area contributed by atoms with Crippen LogP contribution in [0.5, 0.6) is 0 Å². The van der Waals surface area contributed by atoms with Crippen LogP contribution in [0.4, 0.5) is 0 Å². The molecule has 3 nitrogen and oxygen atoms in total. The smallest absolute Gasteiger partial charge is 0.128 e. The van der Waals surface area contributed by atoms with Gasteiger partial charge >= 0.3 is 0 Å². The van der Waals surface area contributed by atoms with Crippen LogP contribution in [0.2, 0.25) is 0 Å². The highest BCUT2D eigenvalue weighted by Crippen LogP contribution is 2.24. The van der Waals surface area contributed by atoms with Crippen molar-refractivity contribution in [1.82, 2.24) is 15.0 Å². The molecule has 2 aromatic heterocycles. The lowest BCUT2D eigenvalue weighted by Crippen LogP contribution is -2.02. The molecule has 0 aliphatic rings. The van der Waals surface area contributed by atoms with E-state index >= 15 is 0 Å². The zero-order chi connectivity index (χ0) is 16.1. The fourth-order valence-corrected chi connectivity index (χ4v) is 3.79. The Morgan fingerprint density at radius 2 is 1.83 bits per heavy atom. The first-order valence-corrected chi connectivity index (χ1v) is 9.98. The number of hydrogen-bond donors (Lipinski definition) is 0. The topological polar surface area (TPSA) is 38.7 Å². The van der Waals surface area contributed by atoms with Gasteiger partial charge in [-0.05, 0) is 43.6 Å². The number of aromatic nitrogens is 3. The Kier molecular flexibility index (Phi) is 5.62. The maximum atomic E-state index is 4.71. The summed E-state index contributed by atoms with van der Waals surface area (Å²) in [5.74, 6) is 1.61. The molecule has 2 heterocycles. The van der Waals surface area contributed by atoms with E-state index in [0.717, 1.165) is 35.5 Å². The number of thiazole rings is 1. The molecule has 0 aliphatic carbocycles. The molecular weight excluding hydrogens is 322 g/mol. The number of para-hydroxylation sites is 1. The highest BCUT2D eigenvalue weighted by molar-refractivity contribution is 7.98. The van der Waals surface area contributed by atoms with Crippen LogP contribution in [0.15, 0.2) is 41.6 Å². The largest absolute Gasteiger partial charge is 0.241 e. The summed E-state index contributed by atoms with van der Waals surface area (Å²) in [6, 6.07) is 8.37. The van der Waals surface area contributed by atoms with E-state index in [1.54, 1.807) is 11.8 Å². The van der Waals surface area contributed by atoms with Crippen molar-refractivity contribution in [2.45, 2.75) is 37.5 Å². The van der Waals surface area contributed by atoms with E-state index in [2.05, 4.69) is 41.2 Å². The van der Waals surface area contributed by atoms with Crippen LogP contribution < -0.4 is 0 Å². The van der Waals surface area contributed by atoms with Gasteiger partial charge in [0.2, 0.25) is 0 Å². The minimum Gasteiger partial charge on any atom is -0.241 e. The Morgan fingerprint density at radius 1 is 1.09 bits per heavy atom. The van der Waals surface area contributed by atoms with Gasteiger partial charge in [0, 0.05) is 23.7 Å². The molecular formula is C18H21N3S2. The molecule has 120 valence electrons. The van der Waals surface area contributed by atoms with Crippen LogP contribution >= 0.6 is 23.1 Å². The molecule has 0 saturated carbocycles. The van der Waals surface area contributed by atoms with Crippen LogP contribution in [-0.4, -0.2) is 21.2 Å². The van der Waals surface area contributed by atoms with Gasteiger partial charge in [-0.3, -0.25) is 0 Å². The summed E-state index contributed by atoms with van der Waals surface area (Å²) in [6.45, 7) is 2.31. The highest BCUT2D eigenvalue weighted by Gasteiger charge is 2.08. The van der Waals surface area contributed by atoms with Crippen molar-refractivity contribution in [3.8, 4) is 0 Å². The van der Waals surface area contributed by atoms with Gasteiger partial charge in [-0.1, -0.05) is 19.1 Å². The number of rotatable bonds is 7. The van der Waals surface area contributed by atoms with Crippen molar-refractivity contribution in [1.29, 1.82) is 0 Å². The molecule has 1 aromatic carbocycles. The van der Waals surface area contributed by atoms with E-state index in [1.807, 2.05) is 30.0 Å². The molecule has 0 spiro atoms. The third-order valence-electron chi connectivity index (χ3n) is 3.97. The summed E-state index contributed by atoms with van der Waals surface area (Å²) < 4.78 is 1.29. The molecule has 0 saturated heterocycles. The Morgan fingerprint density at radius 3 is 2.57 bits per heavy atom. The number of benzene rings is 1. The molecule has 23 heavy (non-hydrogen) atoms. The molecule has 1 atom stereocenters. The molecule has 0 unspecified atom stereocenters. The maximum Gasteiger partial charge on any atom is 0.128 e. The zero-order valence-electron chi connectivity index (χ0n) is 13.5. The van der Waals surface area contributed by atoms with Gasteiger partial charge in [0.05, 0.1) is 15.2 Å². The lowest BCUT2D eigenvalue weighted by Gasteiger charge is -2.09. The van der Waals surface area contributed by atoms with E-state index in [9.17, 15) is 0 Å². The van der Waals surface area contributed by atoms with Crippen molar-refractivity contribution in [2.24, 2.45) is 5.92 Å².